The molecular formula is C10H12. The minimum absolute atomic E-state index is 1.15. The maximum atomic E-state index is 3.75. The van der Waals surface area contributed by atoms with Crippen molar-refractivity contribution in [2.24, 2.45) is 0 Å². The van der Waals surface area contributed by atoms with Gasteiger partial charge in [-0.15, -0.1) is 5.92 Å². The fraction of sp³-hybridized carbons (Fsp3) is 0.400. The van der Waals surface area contributed by atoms with Gasteiger partial charge in [-0.1, -0.05) is 18.6 Å². The molecule has 1 aliphatic carbocycles. The van der Waals surface area contributed by atoms with Crippen molar-refractivity contribution in [2.75, 3.05) is 0 Å². The first kappa shape index (κ1) is 7.15. The Morgan fingerprint density at radius 1 is 1.50 bits per heavy atom. The minimum Gasteiger partial charge on any atom is -0.102 e. The average molecular weight is 132 g/mol. The van der Waals surface area contributed by atoms with Gasteiger partial charge in [-0.2, -0.15) is 0 Å². The van der Waals surface area contributed by atoms with Crippen LogP contribution in [0.5, 0.6) is 0 Å². The first-order chi connectivity index (χ1) is 4.88. The second-order valence-corrected chi connectivity index (χ2v) is 2.44. The Labute approximate surface area is 62.6 Å². The van der Waals surface area contributed by atoms with E-state index in [1.54, 1.807) is 0 Å². The number of hydrogen-bond acceptors (Lipinski definition) is 0. The average Bonchev–Trinajstić information content (AvgIpc) is 2.36. The van der Waals surface area contributed by atoms with Gasteiger partial charge in [-0.3, -0.25) is 0 Å². The van der Waals surface area contributed by atoms with Crippen LogP contribution in [0.25, 0.3) is 0 Å². The molecule has 0 aromatic carbocycles. The first-order valence-electron chi connectivity index (χ1n) is 3.65. The van der Waals surface area contributed by atoms with Crippen LogP contribution in [0.4, 0.5) is 0 Å². The van der Waals surface area contributed by atoms with Crippen LogP contribution in [0.3, 0.4) is 0 Å². The summed E-state index contributed by atoms with van der Waals surface area (Å²) in [6.45, 7) is 5.63. The molecule has 0 aromatic heterocycles. The lowest BCUT2D eigenvalue weighted by Gasteiger charge is -1.90. The predicted octanol–water partition coefficient (Wildman–Crippen LogP) is 2.68. The van der Waals surface area contributed by atoms with Crippen LogP contribution in [0, 0.1) is 11.8 Å². The highest BCUT2D eigenvalue weighted by Gasteiger charge is 2.08. The van der Waals surface area contributed by atoms with E-state index in [2.05, 4.69) is 18.4 Å². The second kappa shape index (κ2) is 3.27. The van der Waals surface area contributed by atoms with Crippen molar-refractivity contribution in [1.29, 1.82) is 0 Å². The molecule has 1 rings (SSSR count). The van der Waals surface area contributed by atoms with E-state index < -0.39 is 0 Å². The van der Waals surface area contributed by atoms with Crippen LogP contribution in [0.15, 0.2) is 23.8 Å². The fourth-order valence-corrected chi connectivity index (χ4v) is 1.29. The van der Waals surface area contributed by atoms with Crippen LogP contribution in [0.2, 0.25) is 0 Å². The van der Waals surface area contributed by atoms with Gasteiger partial charge in [0.1, 0.15) is 0 Å². The Hall–Kier alpha value is -0.960. The lowest BCUT2D eigenvalue weighted by molar-refractivity contribution is 0.908. The van der Waals surface area contributed by atoms with Gasteiger partial charge in [0.25, 0.3) is 0 Å². The molecule has 0 heteroatoms. The van der Waals surface area contributed by atoms with E-state index in [9.17, 15) is 0 Å². The van der Waals surface area contributed by atoms with Crippen LogP contribution in [-0.4, -0.2) is 0 Å². The minimum atomic E-state index is 1.15. The summed E-state index contributed by atoms with van der Waals surface area (Å²) in [5, 5.41) is 0. The van der Waals surface area contributed by atoms with Gasteiger partial charge in [0.05, 0.1) is 0 Å². The first-order valence-corrected chi connectivity index (χ1v) is 3.65. The van der Waals surface area contributed by atoms with Gasteiger partial charge < -0.3 is 0 Å². The molecule has 0 spiro atoms. The third-order valence-corrected chi connectivity index (χ3v) is 1.78. The summed E-state index contributed by atoms with van der Waals surface area (Å²) in [5.74, 6) is 6.02. The van der Waals surface area contributed by atoms with Crippen molar-refractivity contribution in [3.63, 3.8) is 0 Å². The van der Waals surface area contributed by atoms with Gasteiger partial charge in [-0.25, -0.2) is 0 Å². The summed E-state index contributed by atoms with van der Waals surface area (Å²) >= 11 is 0. The molecule has 0 aromatic rings. The summed E-state index contributed by atoms with van der Waals surface area (Å²) in [4.78, 5) is 0. The lowest BCUT2D eigenvalue weighted by atomic mass is 10.1. The van der Waals surface area contributed by atoms with Crippen molar-refractivity contribution >= 4 is 0 Å². The fourth-order valence-electron chi connectivity index (χ4n) is 1.29. The molecule has 10 heavy (non-hydrogen) atoms. The maximum Gasteiger partial charge on any atom is 0.00520 e. The van der Waals surface area contributed by atoms with Gasteiger partial charge in [-0.05, 0) is 31.8 Å². The summed E-state index contributed by atoms with van der Waals surface area (Å²) in [7, 11) is 0. The van der Waals surface area contributed by atoms with Gasteiger partial charge in [0.2, 0.25) is 0 Å². The van der Waals surface area contributed by atoms with Gasteiger partial charge in [0, 0.05) is 5.57 Å². The Kier molecular flexibility index (Phi) is 2.34. The zero-order valence-electron chi connectivity index (χ0n) is 6.41. The Bertz CT molecular complexity index is 220. The molecule has 0 heterocycles. The molecule has 0 atom stereocenters. The molecule has 0 bridgehead atoms. The van der Waals surface area contributed by atoms with Crippen LogP contribution >= 0.6 is 0 Å². The molecule has 0 aliphatic heterocycles. The van der Waals surface area contributed by atoms with E-state index in [0.717, 1.165) is 6.42 Å². The molecule has 0 saturated heterocycles. The quantitative estimate of drug-likeness (QED) is 0.481. The molecule has 0 N–H and O–H groups in total. The predicted molar refractivity (Wildman–Crippen MR) is 44.5 cm³/mol. The largest absolute Gasteiger partial charge is 0.102 e. The summed E-state index contributed by atoms with van der Waals surface area (Å²) in [6, 6.07) is 0. The zero-order chi connectivity index (χ0) is 7.40. The van der Waals surface area contributed by atoms with Crippen molar-refractivity contribution in [3.8, 4) is 11.8 Å². The number of rotatable bonds is 1. The van der Waals surface area contributed by atoms with E-state index in [1.807, 2.05) is 13.0 Å². The van der Waals surface area contributed by atoms with Gasteiger partial charge >= 0.3 is 0 Å². The second-order valence-electron chi connectivity index (χ2n) is 2.44. The number of hydrogen-bond donors (Lipinski definition) is 0. The van der Waals surface area contributed by atoms with Gasteiger partial charge in [0.15, 0.2) is 0 Å². The molecule has 52 valence electrons. The molecule has 0 unspecified atom stereocenters. The molecule has 0 radical (unpaired) electrons. The molecule has 0 amide bonds. The normalized spacial score (nSPS) is 16.5. The SMILES string of the molecule is C=CC1=C(C#CC)CCC1. The summed E-state index contributed by atoms with van der Waals surface area (Å²) in [6.07, 6.45) is 5.52. The molecular weight excluding hydrogens is 120 g/mol. The van der Waals surface area contributed by atoms with Crippen molar-refractivity contribution < 1.29 is 0 Å². The Morgan fingerprint density at radius 2 is 2.30 bits per heavy atom. The van der Waals surface area contributed by atoms with Crippen LogP contribution in [0.1, 0.15) is 26.2 Å². The molecule has 0 fully saturated rings. The van der Waals surface area contributed by atoms with Crippen LogP contribution < -0.4 is 0 Å². The third-order valence-electron chi connectivity index (χ3n) is 1.78. The van der Waals surface area contributed by atoms with Crippen LogP contribution in [-0.2, 0) is 0 Å². The van der Waals surface area contributed by atoms with Crippen molar-refractivity contribution in [3.05, 3.63) is 23.8 Å². The smallest absolute Gasteiger partial charge is 0.00520 e. The lowest BCUT2D eigenvalue weighted by Crippen LogP contribution is -1.73. The third kappa shape index (κ3) is 1.30. The highest BCUT2D eigenvalue weighted by atomic mass is 14.1. The van der Waals surface area contributed by atoms with E-state index in [-0.39, 0.29) is 0 Å². The molecule has 1 aliphatic rings. The highest BCUT2D eigenvalue weighted by Crippen LogP contribution is 2.25. The van der Waals surface area contributed by atoms with Crippen molar-refractivity contribution in [1.82, 2.24) is 0 Å². The highest BCUT2D eigenvalue weighted by molar-refractivity contribution is 5.40. The monoisotopic (exact) mass is 132 g/mol. The summed E-state index contributed by atoms with van der Waals surface area (Å²) < 4.78 is 0. The van der Waals surface area contributed by atoms with E-state index in [4.69, 9.17) is 0 Å². The van der Waals surface area contributed by atoms with Crippen molar-refractivity contribution in [2.45, 2.75) is 26.2 Å². The number of allylic oxidation sites excluding steroid dienone is 3. The van der Waals surface area contributed by atoms with E-state index >= 15 is 0 Å². The maximum absolute atomic E-state index is 3.75. The topological polar surface area (TPSA) is 0 Å². The Balaban J connectivity index is 2.84. The zero-order valence-corrected chi connectivity index (χ0v) is 6.41. The molecule has 0 saturated carbocycles. The molecule has 0 nitrogen and oxygen atoms in total. The standard InChI is InChI=1S/C10H12/c1-3-6-10-8-5-7-9(10)4-2/h4H,2,5,7-8H2,1H3. The van der Waals surface area contributed by atoms with E-state index in [1.165, 1.54) is 24.0 Å². The van der Waals surface area contributed by atoms with E-state index in [0.29, 0.717) is 0 Å². The Morgan fingerprint density at radius 3 is 2.90 bits per heavy atom. The summed E-state index contributed by atoms with van der Waals surface area (Å²) in [5.41, 5.74) is 2.66.